The van der Waals surface area contributed by atoms with Crippen LogP contribution in [-0.4, -0.2) is 80.8 Å². The van der Waals surface area contributed by atoms with Crippen molar-refractivity contribution in [1.82, 2.24) is 19.8 Å². The lowest BCUT2D eigenvalue weighted by molar-refractivity contribution is -0.139. The van der Waals surface area contributed by atoms with Gasteiger partial charge in [0.2, 0.25) is 5.91 Å². The summed E-state index contributed by atoms with van der Waals surface area (Å²) in [4.78, 5) is 34.3. The molecule has 2 amide bonds. The van der Waals surface area contributed by atoms with E-state index in [2.05, 4.69) is 9.97 Å². The Balaban J connectivity index is 1.56. The normalized spacial score (nSPS) is 22.6. The number of hydrogen-bond donors (Lipinski definition) is 2. The lowest BCUT2D eigenvalue weighted by atomic mass is 9.79. The number of benzene rings is 1. The highest BCUT2D eigenvalue weighted by Crippen LogP contribution is 2.41. The Hall–Kier alpha value is -2.99. The summed E-state index contributed by atoms with van der Waals surface area (Å²) in [5, 5.41) is 9.42. The Labute approximate surface area is 221 Å². The van der Waals surface area contributed by atoms with Crippen molar-refractivity contribution in [3.05, 3.63) is 36.3 Å². The van der Waals surface area contributed by atoms with Crippen LogP contribution in [-0.2, 0) is 14.1 Å². The fourth-order valence-electron chi connectivity index (χ4n) is 4.93. The van der Waals surface area contributed by atoms with Crippen molar-refractivity contribution < 1.29 is 32.8 Å². The second-order valence-electron chi connectivity index (χ2n) is 11.5. The SMILES string of the molecule is CC(C)[C@@H](C(=O)N1CC(F)(F)C[C@H]1c1ncc(-c2ccc(B3OC(C)(C)C(C)(C)O3)cc2)[nH]1)N(C)C(=O)O. The number of aromatic amines is 1. The van der Waals surface area contributed by atoms with Crippen LogP contribution in [0.25, 0.3) is 11.3 Å². The van der Waals surface area contributed by atoms with Crippen molar-refractivity contribution >= 4 is 24.6 Å². The van der Waals surface area contributed by atoms with Gasteiger partial charge < -0.3 is 24.3 Å². The first kappa shape index (κ1) is 28.0. The summed E-state index contributed by atoms with van der Waals surface area (Å²) in [6.07, 6.45) is -0.362. The van der Waals surface area contributed by atoms with Gasteiger partial charge in [0.05, 0.1) is 35.7 Å². The molecule has 1 aromatic heterocycles. The first-order valence-electron chi connectivity index (χ1n) is 12.7. The van der Waals surface area contributed by atoms with Gasteiger partial charge in [-0.25, -0.2) is 18.6 Å². The average molecular weight is 532 g/mol. The number of carbonyl (C=O) groups is 2. The van der Waals surface area contributed by atoms with Crippen molar-refractivity contribution in [3.8, 4) is 11.3 Å². The van der Waals surface area contributed by atoms with Crippen LogP contribution in [0.5, 0.6) is 0 Å². The maximum Gasteiger partial charge on any atom is 0.494 e. The fraction of sp³-hybridized carbons (Fsp3) is 0.577. The van der Waals surface area contributed by atoms with Crippen molar-refractivity contribution in [2.75, 3.05) is 13.6 Å². The highest BCUT2D eigenvalue weighted by molar-refractivity contribution is 6.62. The van der Waals surface area contributed by atoms with Gasteiger partial charge in [0.15, 0.2) is 0 Å². The van der Waals surface area contributed by atoms with E-state index < -0.39 is 67.2 Å². The highest BCUT2D eigenvalue weighted by atomic mass is 19.3. The number of carbonyl (C=O) groups excluding carboxylic acids is 1. The molecule has 1 aromatic carbocycles. The van der Waals surface area contributed by atoms with Crippen LogP contribution in [0.4, 0.5) is 13.6 Å². The zero-order chi connectivity index (χ0) is 28.2. The third-order valence-corrected chi connectivity index (χ3v) is 7.81. The maximum absolute atomic E-state index is 14.6. The first-order chi connectivity index (χ1) is 17.5. The summed E-state index contributed by atoms with van der Waals surface area (Å²) >= 11 is 0. The Morgan fingerprint density at radius 1 is 1.16 bits per heavy atom. The zero-order valence-corrected chi connectivity index (χ0v) is 22.8. The van der Waals surface area contributed by atoms with E-state index in [1.807, 2.05) is 52.0 Å². The van der Waals surface area contributed by atoms with Crippen molar-refractivity contribution in [3.63, 3.8) is 0 Å². The Bertz CT molecular complexity index is 1180. The van der Waals surface area contributed by atoms with Gasteiger partial charge in [-0.2, -0.15) is 0 Å². The van der Waals surface area contributed by atoms with E-state index in [1.165, 1.54) is 7.05 Å². The van der Waals surface area contributed by atoms with E-state index in [9.17, 15) is 23.5 Å². The minimum absolute atomic E-state index is 0.223. The van der Waals surface area contributed by atoms with Crippen LogP contribution >= 0.6 is 0 Å². The number of imidazole rings is 1. The first-order valence-corrected chi connectivity index (χ1v) is 12.7. The standard InChI is InChI=1S/C26H35BF2N4O5/c1-15(2)20(32(7)23(35)36)22(34)33-14-26(28,29)12-19(33)21-30-13-18(31-21)16-8-10-17(11-9-16)27-37-24(3,4)25(5,6)38-27/h8-11,13,15,19-20H,12,14H2,1-7H3,(H,30,31)(H,35,36)/t19-,20-/m0/s1. The molecule has 0 unspecified atom stereocenters. The molecule has 0 bridgehead atoms. The molecule has 0 saturated carbocycles. The molecule has 206 valence electrons. The summed E-state index contributed by atoms with van der Waals surface area (Å²) in [7, 11) is 0.761. The number of likely N-dealkylation sites (tertiary alicyclic amines) is 1. The Kier molecular flexibility index (Phi) is 7.11. The summed E-state index contributed by atoms with van der Waals surface area (Å²) in [5.41, 5.74) is 1.30. The van der Waals surface area contributed by atoms with E-state index in [0.29, 0.717) is 5.69 Å². The van der Waals surface area contributed by atoms with Gasteiger partial charge in [-0.15, -0.1) is 0 Å². The Morgan fingerprint density at radius 3 is 2.26 bits per heavy atom. The van der Waals surface area contributed by atoms with Crippen molar-refractivity contribution in [2.45, 2.75) is 77.2 Å². The number of alkyl halides is 2. The van der Waals surface area contributed by atoms with Crippen LogP contribution in [0.2, 0.25) is 0 Å². The quantitative estimate of drug-likeness (QED) is 0.547. The molecule has 0 aliphatic carbocycles. The van der Waals surface area contributed by atoms with Gasteiger partial charge in [0.25, 0.3) is 5.92 Å². The predicted octanol–water partition coefficient (Wildman–Crippen LogP) is 3.92. The third kappa shape index (κ3) is 5.16. The summed E-state index contributed by atoms with van der Waals surface area (Å²) < 4.78 is 41.3. The average Bonchev–Trinajstić information content (AvgIpc) is 3.47. The van der Waals surface area contributed by atoms with Gasteiger partial charge in [-0.3, -0.25) is 9.69 Å². The predicted molar refractivity (Wildman–Crippen MR) is 138 cm³/mol. The molecule has 4 rings (SSSR count). The van der Waals surface area contributed by atoms with E-state index in [0.717, 1.165) is 20.8 Å². The molecule has 0 spiro atoms. The number of nitrogens with zero attached hydrogens (tertiary/aromatic N) is 3. The number of likely N-dealkylation sites (N-methyl/N-ethyl adjacent to an activating group) is 1. The van der Waals surface area contributed by atoms with Crippen LogP contribution in [0.1, 0.15) is 59.8 Å². The van der Waals surface area contributed by atoms with E-state index in [4.69, 9.17) is 9.31 Å². The molecule has 2 aromatic rings. The molecule has 2 aliphatic rings. The van der Waals surface area contributed by atoms with E-state index >= 15 is 0 Å². The van der Waals surface area contributed by atoms with Crippen molar-refractivity contribution in [2.24, 2.45) is 5.92 Å². The summed E-state index contributed by atoms with van der Waals surface area (Å²) in [5.74, 6) is -3.98. The van der Waals surface area contributed by atoms with Gasteiger partial charge >= 0.3 is 13.2 Å². The molecule has 38 heavy (non-hydrogen) atoms. The molecule has 3 heterocycles. The van der Waals surface area contributed by atoms with Gasteiger partial charge in [0, 0.05) is 13.5 Å². The molecule has 2 N–H and O–H groups in total. The van der Waals surface area contributed by atoms with Gasteiger partial charge in [0.1, 0.15) is 11.9 Å². The smallest absolute Gasteiger partial charge is 0.465 e. The van der Waals surface area contributed by atoms with Crippen LogP contribution in [0.3, 0.4) is 0 Å². The minimum Gasteiger partial charge on any atom is -0.465 e. The molecule has 0 radical (unpaired) electrons. The topological polar surface area (TPSA) is 108 Å². The molecule has 12 heteroatoms. The zero-order valence-electron chi connectivity index (χ0n) is 22.8. The van der Waals surface area contributed by atoms with Crippen LogP contribution in [0, 0.1) is 5.92 Å². The second kappa shape index (κ2) is 9.64. The highest BCUT2D eigenvalue weighted by Gasteiger charge is 2.52. The van der Waals surface area contributed by atoms with Crippen LogP contribution in [0.15, 0.2) is 30.5 Å². The number of nitrogens with one attached hydrogen (secondary N) is 1. The van der Waals surface area contributed by atoms with E-state index in [1.54, 1.807) is 20.0 Å². The number of aromatic nitrogens is 2. The third-order valence-electron chi connectivity index (χ3n) is 7.81. The van der Waals surface area contributed by atoms with Gasteiger partial charge in [-0.05, 0) is 44.6 Å². The maximum atomic E-state index is 14.6. The van der Waals surface area contributed by atoms with E-state index in [-0.39, 0.29) is 5.82 Å². The number of carboxylic acid groups (broad SMARTS) is 1. The van der Waals surface area contributed by atoms with Crippen molar-refractivity contribution in [1.29, 1.82) is 0 Å². The molecule has 2 aliphatic heterocycles. The summed E-state index contributed by atoms with van der Waals surface area (Å²) in [6, 6.07) is 5.37. The Morgan fingerprint density at radius 2 is 1.74 bits per heavy atom. The molecule has 2 saturated heterocycles. The number of rotatable bonds is 6. The number of hydrogen-bond acceptors (Lipinski definition) is 5. The number of halogens is 2. The lowest BCUT2D eigenvalue weighted by Gasteiger charge is -2.33. The molecule has 9 nitrogen and oxygen atoms in total. The monoisotopic (exact) mass is 532 g/mol. The second-order valence-corrected chi connectivity index (χ2v) is 11.5. The molecular weight excluding hydrogens is 497 g/mol. The number of H-pyrrole nitrogens is 1. The largest absolute Gasteiger partial charge is 0.494 e. The van der Waals surface area contributed by atoms with Crippen LogP contribution < -0.4 is 5.46 Å². The lowest BCUT2D eigenvalue weighted by Crippen LogP contribution is -2.52. The molecular formula is C26H35BF2N4O5. The minimum atomic E-state index is -3.12. The fourth-order valence-corrected chi connectivity index (χ4v) is 4.93. The molecule has 2 fully saturated rings. The van der Waals surface area contributed by atoms with Gasteiger partial charge in [-0.1, -0.05) is 38.1 Å². The molecule has 2 atom stereocenters. The summed E-state index contributed by atoms with van der Waals surface area (Å²) in [6.45, 7) is 10.5. The number of amides is 2.